The van der Waals surface area contributed by atoms with Crippen LogP contribution in [0.25, 0.3) is 4.96 Å². The topological polar surface area (TPSA) is 61.7 Å². The molecule has 0 bridgehead atoms. The molecule has 0 spiro atoms. The Balaban J connectivity index is 1.90. The quantitative estimate of drug-likeness (QED) is 0.887. The third-order valence-electron chi connectivity index (χ3n) is 4.02. The molecular formula is C14H21N5OS. The van der Waals surface area contributed by atoms with E-state index in [-0.39, 0.29) is 11.8 Å². The monoisotopic (exact) mass is 307 g/mol. The molecule has 0 radical (unpaired) electrons. The van der Waals surface area contributed by atoms with E-state index in [1.54, 1.807) is 18.4 Å². The average molecular weight is 307 g/mol. The van der Waals surface area contributed by atoms with Crippen molar-refractivity contribution < 1.29 is 4.79 Å². The first-order valence-corrected chi connectivity index (χ1v) is 8.18. The Bertz CT molecular complexity index is 634. The summed E-state index contributed by atoms with van der Waals surface area (Å²) in [7, 11) is 3.65. The van der Waals surface area contributed by atoms with Crippen molar-refractivity contribution in [3.63, 3.8) is 0 Å². The summed E-state index contributed by atoms with van der Waals surface area (Å²) in [5.41, 5.74) is 1.17. The molecule has 1 fully saturated rings. The number of nitrogens with one attached hydrogen (secondary N) is 2. The molecule has 1 unspecified atom stereocenters. The van der Waals surface area contributed by atoms with E-state index in [0.717, 1.165) is 43.3 Å². The van der Waals surface area contributed by atoms with Gasteiger partial charge in [-0.3, -0.25) is 9.20 Å². The summed E-state index contributed by atoms with van der Waals surface area (Å²) in [6.45, 7) is 2.49. The molecule has 0 aliphatic carbocycles. The summed E-state index contributed by atoms with van der Waals surface area (Å²) in [5, 5.41) is 8.03. The summed E-state index contributed by atoms with van der Waals surface area (Å²) in [5.74, 6) is 1.21. The molecular weight excluding hydrogens is 286 g/mol. The molecule has 1 aliphatic heterocycles. The second-order valence-corrected chi connectivity index (χ2v) is 6.24. The lowest BCUT2D eigenvalue weighted by Gasteiger charge is -2.32. The average Bonchev–Trinajstić information content (AvgIpc) is 3.09. The number of fused-ring (bicyclic) bond motifs is 1. The van der Waals surface area contributed by atoms with Crippen molar-refractivity contribution >= 4 is 28.0 Å². The highest BCUT2D eigenvalue weighted by atomic mass is 32.1. The zero-order valence-electron chi connectivity index (χ0n) is 12.4. The zero-order chi connectivity index (χ0) is 14.8. The molecule has 2 aromatic heterocycles. The van der Waals surface area contributed by atoms with Crippen LogP contribution in [0.3, 0.4) is 0 Å². The van der Waals surface area contributed by atoms with Crippen LogP contribution < -0.4 is 15.5 Å². The minimum Gasteiger partial charge on any atom is -0.359 e. The van der Waals surface area contributed by atoms with Crippen molar-refractivity contribution in [1.82, 2.24) is 20.0 Å². The number of amides is 1. The van der Waals surface area contributed by atoms with Crippen LogP contribution in [-0.2, 0) is 11.3 Å². The predicted octanol–water partition coefficient (Wildman–Crippen LogP) is 1.08. The number of thiazole rings is 1. The van der Waals surface area contributed by atoms with Crippen molar-refractivity contribution in [1.29, 1.82) is 0 Å². The van der Waals surface area contributed by atoms with Gasteiger partial charge in [0.05, 0.1) is 11.6 Å². The normalized spacial score (nSPS) is 19.1. The van der Waals surface area contributed by atoms with Gasteiger partial charge in [0.25, 0.3) is 0 Å². The molecule has 0 saturated carbocycles. The van der Waals surface area contributed by atoms with Gasteiger partial charge in [-0.1, -0.05) is 0 Å². The second kappa shape index (κ2) is 6.03. The Hall–Kier alpha value is -1.60. The molecule has 1 aliphatic rings. The highest BCUT2D eigenvalue weighted by molar-refractivity contribution is 7.15. The van der Waals surface area contributed by atoms with E-state index in [9.17, 15) is 4.79 Å². The smallest absolute Gasteiger partial charge is 0.224 e. The second-order valence-electron chi connectivity index (χ2n) is 5.37. The zero-order valence-corrected chi connectivity index (χ0v) is 13.2. The van der Waals surface area contributed by atoms with Gasteiger partial charge in [-0.2, -0.15) is 0 Å². The van der Waals surface area contributed by atoms with Crippen LogP contribution in [0.4, 0.5) is 5.82 Å². The Morgan fingerprint density at radius 2 is 2.38 bits per heavy atom. The molecule has 6 nitrogen and oxygen atoms in total. The molecule has 1 saturated heterocycles. The first-order valence-electron chi connectivity index (χ1n) is 7.30. The van der Waals surface area contributed by atoms with Crippen LogP contribution in [0.2, 0.25) is 0 Å². The maximum atomic E-state index is 11.9. The van der Waals surface area contributed by atoms with Gasteiger partial charge < -0.3 is 15.5 Å². The summed E-state index contributed by atoms with van der Waals surface area (Å²) in [4.78, 5) is 19.9. The minimum atomic E-state index is 0.0610. The lowest BCUT2D eigenvalue weighted by Crippen LogP contribution is -2.42. The molecule has 1 atom stereocenters. The van der Waals surface area contributed by atoms with Crippen LogP contribution in [0.1, 0.15) is 18.5 Å². The van der Waals surface area contributed by atoms with Crippen LogP contribution in [0.5, 0.6) is 0 Å². The highest BCUT2D eigenvalue weighted by Gasteiger charge is 2.28. The van der Waals surface area contributed by atoms with Gasteiger partial charge in [0.15, 0.2) is 10.8 Å². The molecule has 3 rings (SSSR count). The Labute approximate surface area is 128 Å². The van der Waals surface area contributed by atoms with Crippen molar-refractivity contribution in [2.75, 3.05) is 32.1 Å². The maximum Gasteiger partial charge on any atom is 0.224 e. The number of aromatic nitrogens is 2. The number of imidazole rings is 1. The number of hydrogen-bond acceptors (Lipinski definition) is 5. The number of nitrogens with zero attached hydrogens (tertiary/aromatic N) is 3. The van der Waals surface area contributed by atoms with Gasteiger partial charge in [0.2, 0.25) is 5.91 Å². The molecule has 3 heterocycles. The minimum absolute atomic E-state index is 0.0610. The molecule has 114 valence electrons. The first kappa shape index (κ1) is 14.3. The number of rotatable bonds is 4. The number of carbonyl (C=O) groups is 1. The molecule has 21 heavy (non-hydrogen) atoms. The highest BCUT2D eigenvalue weighted by Crippen LogP contribution is 2.28. The van der Waals surface area contributed by atoms with Gasteiger partial charge in [-0.25, -0.2) is 4.98 Å². The van der Waals surface area contributed by atoms with Gasteiger partial charge >= 0.3 is 0 Å². The van der Waals surface area contributed by atoms with Gasteiger partial charge in [-0.05, 0) is 19.9 Å². The summed E-state index contributed by atoms with van der Waals surface area (Å²) < 4.78 is 2.14. The number of carbonyl (C=O) groups excluding carboxylic acids is 1. The largest absolute Gasteiger partial charge is 0.359 e. The van der Waals surface area contributed by atoms with E-state index >= 15 is 0 Å². The predicted molar refractivity (Wildman–Crippen MR) is 84.8 cm³/mol. The summed E-state index contributed by atoms with van der Waals surface area (Å²) >= 11 is 1.64. The fourth-order valence-corrected chi connectivity index (χ4v) is 3.72. The van der Waals surface area contributed by atoms with Gasteiger partial charge in [0, 0.05) is 38.3 Å². The Kier molecular flexibility index (Phi) is 4.12. The summed E-state index contributed by atoms with van der Waals surface area (Å²) in [6.07, 6.45) is 4.05. The van der Waals surface area contributed by atoms with Crippen LogP contribution in [-0.4, -0.2) is 42.5 Å². The van der Waals surface area contributed by atoms with E-state index < -0.39 is 0 Å². The fraction of sp³-hybridized carbons (Fsp3) is 0.571. The molecule has 2 N–H and O–H groups in total. The van der Waals surface area contributed by atoms with Crippen molar-refractivity contribution in [2.45, 2.75) is 19.4 Å². The molecule has 0 aromatic carbocycles. The standard InChI is InChI=1S/C14H21N5OS/c1-15-8-11-12(17-14-19(11)6-7-21-14)18-5-3-4-10(9-18)13(20)16-2/h6-7,10,15H,3-5,8-9H2,1-2H3,(H,16,20). The van der Waals surface area contributed by atoms with E-state index in [1.165, 1.54) is 5.69 Å². The lowest BCUT2D eigenvalue weighted by molar-refractivity contribution is -0.124. The molecule has 7 heteroatoms. The van der Waals surface area contributed by atoms with E-state index in [1.807, 2.05) is 7.05 Å². The van der Waals surface area contributed by atoms with Gasteiger partial charge in [-0.15, -0.1) is 11.3 Å². The van der Waals surface area contributed by atoms with Crippen molar-refractivity contribution in [3.8, 4) is 0 Å². The Morgan fingerprint density at radius 3 is 3.14 bits per heavy atom. The van der Waals surface area contributed by atoms with Crippen molar-refractivity contribution in [2.24, 2.45) is 5.92 Å². The number of anilines is 1. The van der Waals surface area contributed by atoms with E-state index in [4.69, 9.17) is 4.98 Å². The Morgan fingerprint density at radius 1 is 1.52 bits per heavy atom. The molecule has 2 aromatic rings. The number of hydrogen-bond donors (Lipinski definition) is 2. The van der Waals surface area contributed by atoms with Crippen LogP contribution in [0, 0.1) is 5.92 Å². The maximum absolute atomic E-state index is 11.9. The van der Waals surface area contributed by atoms with Crippen LogP contribution in [0.15, 0.2) is 11.6 Å². The third-order valence-corrected chi connectivity index (χ3v) is 4.78. The van der Waals surface area contributed by atoms with E-state index in [0.29, 0.717) is 0 Å². The SMILES string of the molecule is CNCc1c(N2CCCC(C(=O)NC)C2)nc2sccn12. The van der Waals surface area contributed by atoms with Crippen molar-refractivity contribution in [3.05, 3.63) is 17.3 Å². The lowest BCUT2D eigenvalue weighted by atomic mass is 9.97. The fourth-order valence-electron chi connectivity index (χ4n) is 2.99. The van der Waals surface area contributed by atoms with Crippen LogP contribution >= 0.6 is 11.3 Å². The van der Waals surface area contributed by atoms with Gasteiger partial charge in [0.1, 0.15) is 0 Å². The van der Waals surface area contributed by atoms with E-state index in [2.05, 4.69) is 31.5 Å². The molecule has 1 amide bonds. The number of piperidine rings is 1. The third kappa shape index (κ3) is 2.63. The first-order chi connectivity index (χ1) is 10.2. The summed E-state index contributed by atoms with van der Waals surface area (Å²) in [6, 6.07) is 0.